The Morgan fingerprint density at radius 1 is 0.857 bits per heavy atom. The quantitative estimate of drug-likeness (QED) is 0.592. The number of hydrogen-bond acceptors (Lipinski definition) is 3. The Kier molecular flexibility index (Phi) is 6.59. The maximum Gasteiger partial charge on any atom is 0.239 e. The standard InChI is InChI=1S/C23H38N2O3/c26-21(15-23-12-17-9-18(13-23)11-19(10-17)14-23)25-16-22(27)24-7-4-8-28-20-5-2-1-3-6-20/h17-20H,1-16H2,(H,24,27)(H,25,26). The van der Waals surface area contributed by atoms with E-state index in [0.717, 1.165) is 24.2 Å². The molecule has 5 saturated carbocycles. The predicted octanol–water partition coefficient (Wildman–Crippen LogP) is 3.56. The molecular weight excluding hydrogens is 352 g/mol. The third-order valence-electron chi connectivity index (χ3n) is 7.70. The van der Waals surface area contributed by atoms with Gasteiger partial charge in [0.2, 0.25) is 11.8 Å². The van der Waals surface area contributed by atoms with Gasteiger partial charge in [-0.3, -0.25) is 9.59 Å². The number of carbonyl (C=O) groups is 2. The van der Waals surface area contributed by atoms with Crippen molar-refractivity contribution in [3.8, 4) is 0 Å². The molecule has 28 heavy (non-hydrogen) atoms. The first-order valence-corrected chi connectivity index (χ1v) is 11.8. The molecule has 5 rings (SSSR count). The molecule has 0 aromatic carbocycles. The van der Waals surface area contributed by atoms with Crippen LogP contribution in [0.5, 0.6) is 0 Å². The summed E-state index contributed by atoms with van der Waals surface area (Å²) < 4.78 is 5.88. The molecule has 0 heterocycles. The second-order valence-electron chi connectivity index (χ2n) is 10.2. The molecule has 0 saturated heterocycles. The monoisotopic (exact) mass is 390 g/mol. The van der Waals surface area contributed by atoms with Crippen LogP contribution in [0.2, 0.25) is 0 Å². The first-order valence-electron chi connectivity index (χ1n) is 11.8. The van der Waals surface area contributed by atoms with E-state index in [1.165, 1.54) is 70.6 Å². The van der Waals surface area contributed by atoms with Crippen LogP contribution < -0.4 is 10.6 Å². The third kappa shape index (κ3) is 5.28. The van der Waals surface area contributed by atoms with Gasteiger partial charge in [0.05, 0.1) is 12.6 Å². The summed E-state index contributed by atoms with van der Waals surface area (Å²) in [4.78, 5) is 24.5. The van der Waals surface area contributed by atoms with Crippen LogP contribution in [0, 0.1) is 23.2 Å². The van der Waals surface area contributed by atoms with Crippen molar-refractivity contribution in [3.63, 3.8) is 0 Å². The molecule has 2 N–H and O–H groups in total. The van der Waals surface area contributed by atoms with E-state index in [1.807, 2.05) is 0 Å². The van der Waals surface area contributed by atoms with Crippen molar-refractivity contribution >= 4 is 11.8 Å². The van der Waals surface area contributed by atoms with Gasteiger partial charge in [-0.25, -0.2) is 0 Å². The van der Waals surface area contributed by atoms with E-state index >= 15 is 0 Å². The van der Waals surface area contributed by atoms with E-state index in [-0.39, 0.29) is 23.8 Å². The number of rotatable bonds is 9. The molecule has 5 heteroatoms. The van der Waals surface area contributed by atoms with Gasteiger partial charge in [-0.2, -0.15) is 0 Å². The minimum atomic E-state index is -0.0865. The van der Waals surface area contributed by atoms with Crippen molar-refractivity contribution < 1.29 is 14.3 Å². The van der Waals surface area contributed by atoms with E-state index in [9.17, 15) is 9.59 Å². The molecule has 0 radical (unpaired) electrons. The lowest BCUT2D eigenvalue weighted by Gasteiger charge is -2.56. The molecule has 0 spiro atoms. The highest BCUT2D eigenvalue weighted by Crippen LogP contribution is 2.61. The largest absolute Gasteiger partial charge is 0.378 e. The molecule has 5 fully saturated rings. The van der Waals surface area contributed by atoms with Gasteiger partial charge in [-0.15, -0.1) is 0 Å². The highest BCUT2D eigenvalue weighted by molar-refractivity contribution is 5.84. The van der Waals surface area contributed by atoms with Crippen molar-refractivity contribution in [1.29, 1.82) is 0 Å². The van der Waals surface area contributed by atoms with Crippen LogP contribution in [0.1, 0.15) is 83.5 Å². The minimum Gasteiger partial charge on any atom is -0.378 e. The molecular formula is C23H38N2O3. The topological polar surface area (TPSA) is 67.4 Å². The molecule has 0 aliphatic heterocycles. The zero-order chi connectivity index (χ0) is 19.4. The Hall–Kier alpha value is -1.10. The van der Waals surface area contributed by atoms with Crippen molar-refractivity contribution in [1.82, 2.24) is 10.6 Å². The number of carbonyl (C=O) groups excluding carboxylic acids is 2. The van der Waals surface area contributed by atoms with Crippen LogP contribution >= 0.6 is 0 Å². The van der Waals surface area contributed by atoms with Crippen LogP contribution in [0.15, 0.2) is 0 Å². The van der Waals surface area contributed by atoms with Crippen molar-refractivity contribution in [2.75, 3.05) is 19.7 Å². The first-order chi connectivity index (χ1) is 13.6. The molecule has 0 aromatic rings. The SMILES string of the molecule is O=C(CNC(=O)CC12CC3CC(CC(C3)C1)C2)NCCCOC1CCCCC1. The van der Waals surface area contributed by atoms with Crippen molar-refractivity contribution in [2.24, 2.45) is 23.2 Å². The maximum atomic E-state index is 12.5. The Morgan fingerprint density at radius 3 is 2.14 bits per heavy atom. The third-order valence-corrected chi connectivity index (χ3v) is 7.70. The summed E-state index contributed by atoms with van der Waals surface area (Å²) in [6, 6.07) is 0. The lowest BCUT2D eigenvalue weighted by Crippen LogP contribution is -2.48. The molecule has 5 aliphatic carbocycles. The minimum absolute atomic E-state index is 0.0673. The van der Waals surface area contributed by atoms with Gasteiger partial charge < -0.3 is 15.4 Å². The zero-order valence-electron chi connectivity index (χ0n) is 17.3. The number of ether oxygens (including phenoxy) is 1. The van der Waals surface area contributed by atoms with E-state index in [0.29, 0.717) is 25.7 Å². The average Bonchev–Trinajstić information content (AvgIpc) is 2.65. The summed E-state index contributed by atoms with van der Waals surface area (Å²) in [6.45, 7) is 1.44. The maximum absolute atomic E-state index is 12.5. The van der Waals surface area contributed by atoms with E-state index in [1.54, 1.807) is 0 Å². The van der Waals surface area contributed by atoms with Crippen LogP contribution in [0.3, 0.4) is 0 Å². The Morgan fingerprint density at radius 2 is 1.50 bits per heavy atom. The highest BCUT2D eigenvalue weighted by Gasteiger charge is 2.51. The Labute approximate surface area is 169 Å². The molecule has 0 atom stereocenters. The van der Waals surface area contributed by atoms with Gasteiger partial charge in [-0.1, -0.05) is 19.3 Å². The molecule has 5 nitrogen and oxygen atoms in total. The highest BCUT2D eigenvalue weighted by atomic mass is 16.5. The predicted molar refractivity (Wildman–Crippen MR) is 109 cm³/mol. The summed E-state index contributed by atoms with van der Waals surface area (Å²) in [6.07, 6.45) is 16.0. The fraction of sp³-hybridized carbons (Fsp3) is 0.913. The lowest BCUT2D eigenvalue weighted by molar-refractivity contribution is -0.131. The molecule has 5 aliphatic rings. The molecule has 158 valence electrons. The summed E-state index contributed by atoms with van der Waals surface area (Å²) >= 11 is 0. The average molecular weight is 391 g/mol. The Balaban J connectivity index is 1.08. The van der Waals surface area contributed by atoms with Crippen molar-refractivity contribution in [3.05, 3.63) is 0 Å². The molecule has 4 bridgehead atoms. The number of hydrogen-bond donors (Lipinski definition) is 2. The summed E-state index contributed by atoms with van der Waals surface area (Å²) in [5.41, 5.74) is 0.242. The van der Waals surface area contributed by atoms with Gasteiger partial charge in [0, 0.05) is 19.6 Å². The van der Waals surface area contributed by atoms with E-state index in [4.69, 9.17) is 4.74 Å². The number of nitrogens with one attached hydrogen (secondary N) is 2. The fourth-order valence-corrected chi connectivity index (χ4v) is 6.93. The van der Waals surface area contributed by atoms with E-state index in [2.05, 4.69) is 10.6 Å². The van der Waals surface area contributed by atoms with Crippen LogP contribution in [0.25, 0.3) is 0 Å². The number of amides is 2. The normalized spacial score (nSPS) is 34.4. The van der Waals surface area contributed by atoms with Crippen LogP contribution in [0.4, 0.5) is 0 Å². The molecule has 0 unspecified atom stereocenters. The summed E-state index contributed by atoms with van der Waals surface area (Å²) in [7, 11) is 0. The molecule has 2 amide bonds. The summed E-state index contributed by atoms with van der Waals surface area (Å²) in [5.74, 6) is 2.56. The van der Waals surface area contributed by atoms with Gasteiger partial charge in [0.1, 0.15) is 0 Å². The lowest BCUT2D eigenvalue weighted by atomic mass is 9.49. The smallest absolute Gasteiger partial charge is 0.239 e. The van der Waals surface area contributed by atoms with Crippen LogP contribution in [-0.4, -0.2) is 37.6 Å². The van der Waals surface area contributed by atoms with Crippen LogP contribution in [-0.2, 0) is 14.3 Å². The fourth-order valence-electron chi connectivity index (χ4n) is 6.93. The Bertz CT molecular complexity index is 521. The van der Waals surface area contributed by atoms with E-state index < -0.39 is 0 Å². The molecule has 0 aromatic heterocycles. The van der Waals surface area contributed by atoms with Crippen molar-refractivity contribution in [2.45, 2.75) is 89.6 Å². The second kappa shape index (κ2) is 9.15. The van der Waals surface area contributed by atoms with Gasteiger partial charge >= 0.3 is 0 Å². The zero-order valence-corrected chi connectivity index (χ0v) is 17.3. The van der Waals surface area contributed by atoms with Gasteiger partial charge in [-0.05, 0) is 81.0 Å². The van der Waals surface area contributed by atoms with Gasteiger partial charge in [0.25, 0.3) is 0 Å². The second-order valence-corrected chi connectivity index (χ2v) is 10.2. The summed E-state index contributed by atoms with van der Waals surface area (Å²) in [5, 5.41) is 5.77. The van der Waals surface area contributed by atoms with Gasteiger partial charge in [0.15, 0.2) is 0 Å². The first kappa shape index (κ1) is 20.2.